The predicted octanol–water partition coefficient (Wildman–Crippen LogP) is 15.8. The van der Waals surface area contributed by atoms with Crippen LogP contribution in [0.2, 0.25) is 0 Å². The average molecular weight is 672 g/mol. The predicted molar refractivity (Wildman–Crippen MR) is 216 cm³/mol. The van der Waals surface area contributed by atoms with Crippen molar-refractivity contribution in [2.24, 2.45) is 0 Å². The largest absolute Gasteiger partial charge is 0.256 e. The highest BCUT2D eigenvalue weighted by Crippen LogP contribution is 2.16. The van der Waals surface area contributed by atoms with Crippen LogP contribution in [0.5, 0.6) is 0 Å². The number of aromatic nitrogens is 2. The van der Waals surface area contributed by atoms with Crippen molar-refractivity contribution in [1.82, 2.24) is 4.57 Å². The molecule has 0 aliphatic rings. The minimum atomic E-state index is 1.23. The van der Waals surface area contributed by atoms with Gasteiger partial charge in [0.05, 0.1) is 13.1 Å². The molecule has 1 aromatic heterocycles. The maximum Gasteiger partial charge on any atom is 0.256 e. The Labute approximate surface area is 304 Å². The normalized spacial score (nSPS) is 11.6. The Kier molecular flexibility index (Phi) is 35.3. The third kappa shape index (κ3) is 29.0. The highest BCUT2D eigenvalue weighted by Gasteiger charge is 2.16. The van der Waals surface area contributed by atoms with Crippen LogP contribution in [0.4, 0.5) is 0 Å². The Bertz CT molecular complexity index is 736. The van der Waals surface area contributed by atoms with Crippen LogP contribution in [0.1, 0.15) is 264 Å². The van der Waals surface area contributed by atoms with E-state index in [0.717, 1.165) is 0 Å². The minimum Gasteiger partial charge on any atom is -0.234 e. The molecule has 2 nitrogen and oxygen atoms in total. The van der Waals surface area contributed by atoms with Crippen LogP contribution in [-0.4, -0.2) is 4.57 Å². The van der Waals surface area contributed by atoms with Crippen LogP contribution in [0.3, 0.4) is 0 Å². The first kappa shape index (κ1) is 45.2. The summed E-state index contributed by atoms with van der Waals surface area (Å²) in [5.74, 6) is 1.63. The lowest BCUT2D eigenvalue weighted by molar-refractivity contribution is -0.704. The van der Waals surface area contributed by atoms with E-state index in [2.05, 4.69) is 42.3 Å². The monoisotopic (exact) mass is 672 g/mol. The van der Waals surface area contributed by atoms with Gasteiger partial charge in [-0.25, -0.2) is 9.13 Å². The molecule has 0 aliphatic carbocycles. The maximum absolute atomic E-state index is 2.65. The summed E-state index contributed by atoms with van der Waals surface area (Å²) < 4.78 is 5.30. The Morgan fingerprint density at radius 1 is 0.354 bits per heavy atom. The molecule has 284 valence electrons. The number of hydrogen-bond donors (Lipinski definition) is 0. The van der Waals surface area contributed by atoms with E-state index in [9.17, 15) is 0 Å². The highest BCUT2D eigenvalue weighted by atomic mass is 15.1. The molecule has 1 heterocycles. The van der Waals surface area contributed by atoms with E-state index in [1.54, 1.807) is 5.82 Å². The molecule has 0 amide bonds. The van der Waals surface area contributed by atoms with Gasteiger partial charge in [-0.15, -0.1) is 0 Å². The summed E-state index contributed by atoms with van der Waals surface area (Å²) in [5, 5.41) is 0. The number of nitrogens with zero attached hydrogens (tertiary/aromatic N) is 2. The van der Waals surface area contributed by atoms with Gasteiger partial charge in [-0.2, -0.15) is 0 Å². The van der Waals surface area contributed by atoms with Crippen molar-refractivity contribution >= 4 is 0 Å². The number of imidazole rings is 1. The fourth-order valence-corrected chi connectivity index (χ4v) is 7.74. The van der Waals surface area contributed by atoms with E-state index in [4.69, 9.17) is 0 Å². The molecule has 0 aromatic carbocycles. The molecule has 0 aliphatic heterocycles. The van der Waals surface area contributed by atoms with Gasteiger partial charge in [0.25, 0.3) is 5.82 Å². The van der Waals surface area contributed by atoms with Crippen LogP contribution in [0, 0.1) is 0 Å². The first-order chi connectivity index (χ1) is 23.8. The maximum atomic E-state index is 2.65. The fourth-order valence-electron chi connectivity index (χ4n) is 7.74. The molecule has 0 unspecified atom stereocenters. The minimum absolute atomic E-state index is 1.23. The van der Waals surface area contributed by atoms with E-state index in [-0.39, 0.29) is 0 Å². The van der Waals surface area contributed by atoms with Gasteiger partial charge in [0, 0.05) is 6.42 Å². The van der Waals surface area contributed by atoms with Crippen molar-refractivity contribution in [3.8, 4) is 0 Å². The van der Waals surface area contributed by atoms with E-state index >= 15 is 0 Å². The first-order valence-corrected chi connectivity index (χ1v) is 22.9. The van der Waals surface area contributed by atoms with Crippen LogP contribution >= 0.6 is 0 Å². The van der Waals surface area contributed by atoms with Crippen molar-refractivity contribution in [3.63, 3.8) is 0 Å². The summed E-state index contributed by atoms with van der Waals surface area (Å²) in [5.41, 5.74) is 0. The standard InChI is InChI=1S/C46H91N2/c1-4-7-10-13-16-19-22-24-26-28-31-34-37-40-43-48-45-44-47(42-39-36-33-30-21-18-15-12-9-6-3)46(48)41-38-35-32-29-27-25-23-20-17-14-11-8-5-2/h44-45H,4-43H2,1-3H3/q+1. The summed E-state index contributed by atoms with van der Waals surface area (Å²) in [6.45, 7) is 9.41. The topological polar surface area (TPSA) is 8.81 Å². The summed E-state index contributed by atoms with van der Waals surface area (Å²) in [6, 6.07) is 0. The summed E-state index contributed by atoms with van der Waals surface area (Å²) in [7, 11) is 0. The van der Waals surface area contributed by atoms with Crippen LogP contribution in [0.15, 0.2) is 12.4 Å². The molecule has 0 N–H and O–H groups in total. The number of unbranched alkanes of at least 4 members (excludes halogenated alkanes) is 34. The molecular weight excluding hydrogens is 581 g/mol. The Balaban J connectivity index is 2.27. The molecular formula is C46H91N2+. The Hall–Kier alpha value is -0.790. The smallest absolute Gasteiger partial charge is 0.234 e. The zero-order valence-electron chi connectivity index (χ0n) is 33.8. The van der Waals surface area contributed by atoms with E-state index < -0.39 is 0 Å². The first-order valence-electron chi connectivity index (χ1n) is 22.9. The zero-order chi connectivity index (χ0) is 34.4. The summed E-state index contributed by atoms with van der Waals surface area (Å²) in [6.07, 6.45) is 59.3. The quantitative estimate of drug-likeness (QED) is 0.0485. The second kappa shape index (κ2) is 37.5. The van der Waals surface area contributed by atoms with E-state index in [0.29, 0.717) is 0 Å². The van der Waals surface area contributed by atoms with Crippen molar-refractivity contribution in [3.05, 3.63) is 18.2 Å². The second-order valence-corrected chi connectivity index (χ2v) is 15.9. The van der Waals surface area contributed by atoms with Gasteiger partial charge in [0.1, 0.15) is 12.4 Å². The summed E-state index contributed by atoms with van der Waals surface area (Å²) >= 11 is 0. The Morgan fingerprint density at radius 2 is 0.646 bits per heavy atom. The molecule has 1 aromatic rings. The molecule has 0 atom stereocenters. The molecule has 1 rings (SSSR count). The second-order valence-electron chi connectivity index (χ2n) is 15.9. The van der Waals surface area contributed by atoms with Crippen LogP contribution in [0.25, 0.3) is 0 Å². The van der Waals surface area contributed by atoms with Gasteiger partial charge in [-0.3, -0.25) is 0 Å². The SMILES string of the molecule is CCCCCCCCCCCCCCCC[n+]1ccn(CCCCCCCCCCCC)c1CCCCCCCCCCCCCCC. The van der Waals surface area contributed by atoms with E-state index in [1.165, 1.54) is 257 Å². The van der Waals surface area contributed by atoms with Gasteiger partial charge in [0.2, 0.25) is 0 Å². The number of aryl methyl sites for hydroxylation is 2. The van der Waals surface area contributed by atoms with Crippen molar-refractivity contribution < 1.29 is 4.57 Å². The molecule has 48 heavy (non-hydrogen) atoms. The molecule has 0 saturated carbocycles. The van der Waals surface area contributed by atoms with Crippen molar-refractivity contribution in [1.29, 1.82) is 0 Å². The van der Waals surface area contributed by atoms with E-state index in [1.807, 2.05) is 0 Å². The summed E-state index contributed by atoms with van der Waals surface area (Å²) in [4.78, 5) is 0. The lowest BCUT2D eigenvalue weighted by atomic mass is 10.0. The molecule has 0 fully saturated rings. The lowest BCUT2D eigenvalue weighted by Gasteiger charge is -2.07. The van der Waals surface area contributed by atoms with Gasteiger partial charge < -0.3 is 0 Å². The molecule has 0 spiro atoms. The highest BCUT2D eigenvalue weighted by molar-refractivity contribution is 4.84. The molecule has 0 radical (unpaired) electrons. The van der Waals surface area contributed by atoms with Crippen molar-refractivity contribution in [2.45, 2.75) is 278 Å². The third-order valence-corrected chi connectivity index (χ3v) is 11.1. The average Bonchev–Trinajstić information content (AvgIpc) is 3.48. The lowest BCUT2D eigenvalue weighted by Crippen LogP contribution is -2.37. The van der Waals surface area contributed by atoms with Gasteiger partial charge >= 0.3 is 0 Å². The Morgan fingerprint density at radius 3 is 1.00 bits per heavy atom. The molecule has 2 heteroatoms. The third-order valence-electron chi connectivity index (χ3n) is 11.1. The van der Waals surface area contributed by atoms with Crippen LogP contribution in [-0.2, 0) is 19.5 Å². The van der Waals surface area contributed by atoms with Gasteiger partial charge in [0.15, 0.2) is 0 Å². The number of hydrogen-bond acceptors (Lipinski definition) is 0. The van der Waals surface area contributed by atoms with Crippen molar-refractivity contribution in [2.75, 3.05) is 0 Å². The van der Waals surface area contributed by atoms with Gasteiger partial charge in [-0.1, -0.05) is 226 Å². The molecule has 0 bridgehead atoms. The van der Waals surface area contributed by atoms with Gasteiger partial charge in [-0.05, 0) is 32.1 Å². The zero-order valence-corrected chi connectivity index (χ0v) is 33.8. The fraction of sp³-hybridized carbons (Fsp3) is 0.935. The molecule has 0 saturated heterocycles. The van der Waals surface area contributed by atoms with Crippen LogP contribution < -0.4 is 4.57 Å². The number of rotatable bonds is 40.